The monoisotopic (exact) mass is 128 g/mol. The SMILES string of the molecule is C#CC(O)C(C)COC. The van der Waals surface area contributed by atoms with Crippen molar-refractivity contribution in [2.24, 2.45) is 5.92 Å². The maximum Gasteiger partial charge on any atom is 0.119 e. The van der Waals surface area contributed by atoms with Crippen LogP contribution in [0.25, 0.3) is 0 Å². The van der Waals surface area contributed by atoms with Gasteiger partial charge in [0.1, 0.15) is 6.10 Å². The average molecular weight is 128 g/mol. The molecule has 0 saturated carbocycles. The number of ether oxygens (including phenoxy) is 1. The van der Waals surface area contributed by atoms with E-state index in [0.29, 0.717) is 6.61 Å². The number of aliphatic hydroxyl groups excluding tert-OH is 1. The van der Waals surface area contributed by atoms with Gasteiger partial charge in [-0.25, -0.2) is 0 Å². The Labute approximate surface area is 55.8 Å². The van der Waals surface area contributed by atoms with Crippen LogP contribution in [-0.4, -0.2) is 24.9 Å². The molecule has 0 amide bonds. The van der Waals surface area contributed by atoms with Crippen molar-refractivity contribution in [1.82, 2.24) is 0 Å². The van der Waals surface area contributed by atoms with Crippen LogP contribution in [0.1, 0.15) is 6.92 Å². The van der Waals surface area contributed by atoms with Crippen molar-refractivity contribution in [2.45, 2.75) is 13.0 Å². The molecule has 0 aromatic carbocycles. The van der Waals surface area contributed by atoms with Crippen LogP contribution in [0.5, 0.6) is 0 Å². The molecule has 0 aromatic heterocycles. The summed E-state index contributed by atoms with van der Waals surface area (Å²) in [5, 5.41) is 8.94. The van der Waals surface area contributed by atoms with E-state index < -0.39 is 6.10 Å². The third-order valence-corrected chi connectivity index (χ3v) is 1.14. The number of hydrogen-bond acceptors (Lipinski definition) is 2. The van der Waals surface area contributed by atoms with Crippen LogP contribution >= 0.6 is 0 Å². The molecule has 0 aliphatic carbocycles. The molecule has 0 heterocycles. The van der Waals surface area contributed by atoms with Crippen LogP contribution in [-0.2, 0) is 4.74 Å². The van der Waals surface area contributed by atoms with Gasteiger partial charge in [-0.2, -0.15) is 0 Å². The smallest absolute Gasteiger partial charge is 0.119 e. The van der Waals surface area contributed by atoms with Gasteiger partial charge in [0, 0.05) is 13.0 Å². The molecule has 2 atom stereocenters. The van der Waals surface area contributed by atoms with E-state index in [-0.39, 0.29) is 5.92 Å². The van der Waals surface area contributed by atoms with Gasteiger partial charge in [-0.15, -0.1) is 6.42 Å². The summed E-state index contributed by atoms with van der Waals surface area (Å²) in [5.74, 6) is 2.25. The van der Waals surface area contributed by atoms with Crippen LogP contribution in [0, 0.1) is 18.3 Å². The van der Waals surface area contributed by atoms with Gasteiger partial charge in [-0.05, 0) is 0 Å². The van der Waals surface area contributed by atoms with Gasteiger partial charge < -0.3 is 9.84 Å². The Morgan fingerprint density at radius 2 is 2.33 bits per heavy atom. The fourth-order valence-corrected chi connectivity index (χ4v) is 0.518. The van der Waals surface area contributed by atoms with E-state index in [0.717, 1.165) is 0 Å². The van der Waals surface area contributed by atoms with E-state index in [1.54, 1.807) is 7.11 Å². The first kappa shape index (κ1) is 8.48. The van der Waals surface area contributed by atoms with Gasteiger partial charge in [0.15, 0.2) is 0 Å². The molecule has 0 aromatic rings. The highest BCUT2D eigenvalue weighted by Crippen LogP contribution is 2.00. The highest BCUT2D eigenvalue weighted by molar-refractivity contribution is 4.95. The number of terminal acetylenes is 1. The Morgan fingerprint density at radius 1 is 1.78 bits per heavy atom. The maximum absolute atomic E-state index is 8.94. The zero-order valence-electron chi connectivity index (χ0n) is 5.79. The minimum absolute atomic E-state index is 0.0278. The Hall–Kier alpha value is -0.520. The maximum atomic E-state index is 8.94. The second-order valence-corrected chi connectivity index (χ2v) is 2.04. The van der Waals surface area contributed by atoms with Crippen LogP contribution < -0.4 is 0 Å². The first-order valence-corrected chi connectivity index (χ1v) is 2.85. The zero-order valence-corrected chi connectivity index (χ0v) is 5.79. The first-order valence-electron chi connectivity index (χ1n) is 2.85. The van der Waals surface area contributed by atoms with Crippen LogP contribution in [0.3, 0.4) is 0 Å². The Kier molecular flexibility index (Phi) is 4.12. The molecular formula is C7H12O2. The Bertz CT molecular complexity index is 104. The summed E-state index contributed by atoms with van der Waals surface area (Å²) < 4.78 is 4.77. The van der Waals surface area contributed by atoms with Crippen molar-refractivity contribution in [3.8, 4) is 12.3 Å². The van der Waals surface area contributed by atoms with E-state index in [1.165, 1.54) is 0 Å². The molecule has 0 spiro atoms. The lowest BCUT2D eigenvalue weighted by Crippen LogP contribution is -2.19. The molecule has 9 heavy (non-hydrogen) atoms. The van der Waals surface area contributed by atoms with Crippen molar-refractivity contribution in [2.75, 3.05) is 13.7 Å². The molecule has 0 rings (SSSR count). The quantitative estimate of drug-likeness (QED) is 0.552. The van der Waals surface area contributed by atoms with Crippen LogP contribution in [0.2, 0.25) is 0 Å². The highest BCUT2D eigenvalue weighted by atomic mass is 16.5. The number of rotatable bonds is 3. The molecule has 2 unspecified atom stereocenters. The fourth-order valence-electron chi connectivity index (χ4n) is 0.518. The highest BCUT2D eigenvalue weighted by Gasteiger charge is 2.09. The van der Waals surface area contributed by atoms with Gasteiger partial charge in [-0.3, -0.25) is 0 Å². The largest absolute Gasteiger partial charge is 0.384 e. The van der Waals surface area contributed by atoms with Crippen molar-refractivity contribution < 1.29 is 9.84 Å². The second kappa shape index (κ2) is 4.37. The summed E-state index contributed by atoms with van der Waals surface area (Å²) in [6, 6.07) is 0. The van der Waals surface area contributed by atoms with Crippen molar-refractivity contribution >= 4 is 0 Å². The lowest BCUT2D eigenvalue weighted by atomic mass is 10.1. The summed E-state index contributed by atoms with van der Waals surface area (Å²) in [4.78, 5) is 0. The van der Waals surface area contributed by atoms with Crippen LogP contribution in [0.15, 0.2) is 0 Å². The van der Waals surface area contributed by atoms with E-state index >= 15 is 0 Å². The lowest BCUT2D eigenvalue weighted by molar-refractivity contribution is 0.0887. The third-order valence-electron chi connectivity index (χ3n) is 1.14. The summed E-state index contributed by atoms with van der Waals surface area (Å²) in [6.45, 7) is 2.35. The Balaban J connectivity index is 3.48. The van der Waals surface area contributed by atoms with Crippen molar-refractivity contribution in [3.63, 3.8) is 0 Å². The summed E-state index contributed by atoms with van der Waals surface area (Å²) in [7, 11) is 1.58. The number of aliphatic hydroxyl groups is 1. The van der Waals surface area contributed by atoms with Crippen LogP contribution in [0.4, 0.5) is 0 Å². The molecule has 0 aliphatic heterocycles. The molecule has 2 nitrogen and oxygen atoms in total. The van der Waals surface area contributed by atoms with E-state index in [4.69, 9.17) is 16.3 Å². The van der Waals surface area contributed by atoms with E-state index in [9.17, 15) is 0 Å². The molecule has 1 N–H and O–H groups in total. The fraction of sp³-hybridized carbons (Fsp3) is 0.714. The zero-order chi connectivity index (χ0) is 7.28. The lowest BCUT2D eigenvalue weighted by Gasteiger charge is -2.11. The van der Waals surface area contributed by atoms with E-state index in [1.807, 2.05) is 6.92 Å². The standard InChI is InChI=1S/C7H12O2/c1-4-7(8)6(2)5-9-3/h1,6-8H,5H2,2-3H3. The normalized spacial score (nSPS) is 16.2. The van der Waals surface area contributed by atoms with E-state index in [2.05, 4.69) is 5.92 Å². The van der Waals surface area contributed by atoms with Gasteiger partial charge in [-0.1, -0.05) is 12.8 Å². The summed E-state index contributed by atoms with van der Waals surface area (Å²) in [6.07, 6.45) is 4.27. The molecule has 0 saturated heterocycles. The molecule has 0 aliphatic rings. The third kappa shape index (κ3) is 3.12. The van der Waals surface area contributed by atoms with Gasteiger partial charge in [0.05, 0.1) is 6.61 Å². The van der Waals surface area contributed by atoms with Crippen molar-refractivity contribution in [3.05, 3.63) is 0 Å². The predicted octanol–water partition coefficient (Wildman–Crippen LogP) is 0.263. The Morgan fingerprint density at radius 3 is 2.67 bits per heavy atom. The average Bonchev–Trinajstić information content (AvgIpc) is 1.87. The van der Waals surface area contributed by atoms with Gasteiger partial charge in [0.25, 0.3) is 0 Å². The summed E-state index contributed by atoms with van der Waals surface area (Å²) >= 11 is 0. The minimum Gasteiger partial charge on any atom is -0.384 e. The first-order chi connectivity index (χ1) is 4.22. The summed E-state index contributed by atoms with van der Waals surface area (Å²) in [5.41, 5.74) is 0. The molecular weight excluding hydrogens is 116 g/mol. The minimum atomic E-state index is -0.676. The van der Waals surface area contributed by atoms with Gasteiger partial charge >= 0.3 is 0 Å². The molecule has 0 bridgehead atoms. The number of methoxy groups -OCH3 is 1. The predicted molar refractivity (Wildman–Crippen MR) is 35.9 cm³/mol. The van der Waals surface area contributed by atoms with Gasteiger partial charge in [0.2, 0.25) is 0 Å². The second-order valence-electron chi connectivity index (χ2n) is 2.04. The van der Waals surface area contributed by atoms with Crippen molar-refractivity contribution in [1.29, 1.82) is 0 Å². The molecule has 0 radical (unpaired) electrons. The molecule has 0 fully saturated rings. The topological polar surface area (TPSA) is 29.5 Å². The number of hydrogen-bond donors (Lipinski definition) is 1. The molecule has 2 heteroatoms. The molecule has 52 valence electrons.